The van der Waals surface area contributed by atoms with Gasteiger partial charge in [-0.15, -0.1) is 10.2 Å². The lowest BCUT2D eigenvalue weighted by Crippen LogP contribution is -2.12. The molecule has 0 bridgehead atoms. The third-order valence-corrected chi connectivity index (χ3v) is 4.71. The molecule has 1 amide bonds. The number of amides is 1. The molecule has 1 aromatic carbocycles. The number of carbonyl (C=O) groups excluding carboxylic acids is 2. The molecule has 0 aliphatic carbocycles. The van der Waals surface area contributed by atoms with Gasteiger partial charge >= 0.3 is 0 Å². The Balaban J connectivity index is 2.13. The molecule has 0 saturated heterocycles. The molecule has 1 aromatic heterocycles. The molecule has 0 saturated carbocycles. The number of aromatic nitrogens is 3. The number of benzene rings is 1. The van der Waals surface area contributed by atoms with Crippen LogP contribution in [0.5, 0.6) is 5.75 Å². The minimum absolute atomic E-state index is 0.0155. The van der Waals surface area contributed by atoms with E-state index in [-0.39, 0.29) is 18.1 Å². The predicted molar refractivity (Wildman–Crippen MR) is 95.7 cm³/mol. The van der Waals surface area contributed by atoms with Crippen LogP contribution in [0.4, 0.5) is 0 Å². The van der Waals surface area contributed by atoms with Crippen molar-refractivity contribution in [2.24, 2.45) is 12.8 Å². The molecule has 8 heteroatoms. The molecule has 25 heavy (non-hydrogen) atoms. The van der Waals surface area contributed by atoms with Crippen LogP contribution in [-0.4, -0.2) is 33.1 Å². The van der Waals surface area contributed by atoms with E-state index in [1.165, 1.54) is 11.8 Å². The lowest BCUT2D eigenvalue weighted by atomic mass is 10.1. The van der Waals surface area contributed by atoms with Crippen molar-refractivity contribution in [3.63, 3.8) is 0 Å². The van der Waals surface area contributed by atoms with Crippen molar-refractivity contribution >= 4 is 23.5 Å². The molecular weight excluding hydrogens is 340 g/mol. The second kappa shape index (κ2) is 8.66. The summed E-state index contributed by atoms with van der Waals surface area (Å²) in [4.78, 5) is 22.5. The van der Waals surface area contributed by atoms with E-state index < -0.39 is 0 Å². The fourth-order valence-electron chi connectivity index (χ4n) is 2.27. The summed E-state index contributed by atoms with van der Waals surface area (Å²) in [6.07, 6.45) is 0.704. The van der Waals surface area contributed by atoms with Gasteiger partial charge in [0.1, 0.15) is 11.6 Å². The summed E-state index contributed by atoms with van der Waals surface area (Å²) in [5, 5.41) is 8.99. The molecule has 2 rings (SSSR count). The van der Waals surface area contributed by atoms with E-state index in [2.05, 4.69) is 10.2 Å². The maximum absolute atomic E-state index is 11.6. The summed E-state index contributed by atoms with van der Waals surface area (Å²) in [5.41, 5.74) is 6.76. The number of carbonyl (C=O) groups is 2. The molecule has 0 aliphatic rings. The van der Waals surface area contributed by atoms with Gasteiger partial charge in [-0.3, -0.25) is 9.59 Å². The molecule has 2 N–H and O–H groups in total. The normalized spacial score (nSPS) is 10.7. The zero-order valence-electron chi connectivity index (χ0n) is 14.6. The Bertz CT molecular complexity index is 773. The molecular formula is C17H22N4O3S. The highest BCUT2D eigenvalue weighted by molar-refractivity contribution is 7.98. The van der Waals surface area contributed by atoms with Crippen LogP contribution in [0.15, 0.2) is 23.4 Å². The summed E-state index contributed by atoms with van der Waals surface area (Å²) in [5.74, 6) is 1.72. The number of Topliss-reactive ketones (excluding diaryl/α,β-unsaturated/α-hetero) is 1. The number of ketones is 1. The lowest BCUT2D eigenvalue weighted by molar-refractivity contribution is -0.118. The maximum Gasteiger partial charge on any atom is 0.217 e. The number of nitrogens with two attached hydrogens (primary N) is 1. The van der Waals surface area contributed by atoms with Gasteiger partial charge < -0.3 is 15.0 Å². The van der Waals surface area contributed by atoms with Crippen molar-refractivity contribution in [1.29, 1.82) is 0 Å². The van der Waals surface area contributed by atoms with Gasteiger partial charge in [0.05, 0.1) is 6.61 Å². The first-order chi connectivity index (χ1) is 11.9. The standard InChI is InChI=1S/C17H22N4O3S/c1-4-24-14-6-5-12(11(2)22)9-13(14)10-25-17-20-19-16(21(17)3)8-7-15(18)23/h5-6,9H,4,7-8,10H2,1-3H3,(H2,18,23). The van der Waals surface area contributed by atoms with Gasteiger partial charge in [-0.05, 0) is 32.0 Å². The van der Waals surface area contributed by atoms with E-state index in [1.54, 1.807) is 13.0 Å². The quantitative estimate of drug-likeness (QED) is 0.542. The van der Waals surface area contributed by atoms with Crippen LogP contribution in [0, 0.1) is 0 Å². The monoisotopic (exact) mass is 362 g/mol. The highest BCUT2D eigenvalue weighted by Gasteiger charge is 2.13. The Kier molecular flexibility index (Phi) is 6.58. The van der Waals surface area contributed by atoms with Gasteiger partial charge in [0.15, 0.2) is 10.9 Å². The number of aryl methyl sites for hydroxylation is 1. The van der Waals surface area contributed by atoms with Gasteiger partial charge in [0.2, 0.25) is 5.91 Å². The first-order valence-electron chi connectivity index (χ1n) is 7.98. The van der Waals surface area contributed by atoms with E-state index in [4.69, 9.17) is 10.5 Å². The Hall–Kier alpha value is -2.35. The van der Waals surface area contributed by atoms with Crippen LogP contribution in [0.3, 0.4) is 0 Å². The zero-order chi connectivity index (χ0) is 18.4. The topological polar surface area (TPSA) is 100 Å². The zero-order valence-corrected chi connectivity index (χ0v) is 15.4. The smallest absolute Gasteiger partial charge is 0.217 e. The Labute approximate surface area is 150 Å². The molecule has 0 spiro atoms. The van der Waals surface area contributed by atoms with E-state index in [9.17, 15) is 9.59 Å². The molecule has 134 valence electrons. The molecule has 2 aromatic rings. The van der Waals surface area contributed by atoms with Crippen molar-refractivity contribution in [2.75, 3.05) is 6.61 Å². The fraction of sp³-hybridized carbons (Fsp3) is 0.412. The van der Waals surface area contributed by atoms with Crippen LogP contribution in [0.1, 0.15) is 42.0 Å². The fourth-order valence-corrected chi connectivity index (χ4v) is 3.18. The lowest BCUT2D eigenvalue weighted by Gasteiger charge is -2.11. The van der Waals surface area contributed by atoms with Crippen molar-refractivity contribution in [3.8, 4) is 5.75 Å². The van der Waals surface area contributed by atoms with Crippen LogP contribution in [-0.2, 0) is 24.0 Å². The first kappa shape index (κ1) is 19.0. The van der Waals surface area contributed by atoms with Crippen molar-refractivity contribution in [2.45, 2.75) is 37.6 Å². The SMILES string of the molecule is CCOc1ccc(C(C)=O)cc1CSc1nnc(CCC(N)=O)n1C. The average molecular weight is 362 g/mol. The van der Waals surface area contributed by atoms with E-state index in [1.807, 2.05) is 30.7 Å². The molecule has 0 aliphatic heterocycles. The highest BCUT2D eigenvalue weighted by atomic mass is 32.2. The van der Waals surface area contributed by atoms with E-state index in [0.717, 1.165) is 16.5 Å². The highest BCUT2D eigenvalue weighted by Crippen LogP contribution is 2.28. The Morgan fingerprint density at radius 2 is 2.08 bits per heavy atom. The number of ether oxygens (including phenoxy) is 1. The summed E-state index contributed by atoms with van der Waals surface area (Å²) >= 11 is 1.50. The first-order valence-corrected chi connectivity index (χ1v) is 8.97. The third kappa shape index (κ3) is 5.06. The van der Waals surface area contributed by atoms with Crippen LogP contribution in [0.25, 0.3) is 0 Å². The largest absolute Gasteiger partial charge is 0.494 e. The number of primary amides is 1. The van der Waals surface area contributed by atoms with Gasteiger partial charge in [0.25, 0.3) is 0 Å². The second-order valence-electron chi connectivity index (χ2n) is 5.52. The summed E-state index contributed by atoms with van der Waals surface area (Å²) in [6.45, 7) is 4.02. The minimum Gasteiger partial charge on any atom is -0.494 e. The van der Waals surface area contributed by atoms with Gasteiger partial charge in [-0.25, -0.2) is 0 Å². The van der Waals surface area contributed by atoms with Gasteiger partial charge in [-0.2, -0.15) is 0 Å². The van der Waals surface area contributed by atoms with Gasteiger partial charge in [0, 0.05) is 36.8 Å². The summed E-state index contributed by atoms with van der Waals surface area (Å²) in [6, 6.07) is 5.45. The number of nitrogens with zero attached hydrogens (tertiary/aromatic N) is 3. The van der Waals surface area contributed by atoms with Crippen LogP contribution < -0.4 is 10.5 Å². The molecule has 0 radical (unpaired) electrons. The van der Waals surface area contributed by atoms with Crippen LogP contribution in [0.2, 0.25) is 0 Å². The molecule has 0 atom stereocenters. The van der Waals surface area contributed by atoms with Gasteiger partial charge in [-0.1, -0.05) is 11.8 Å². The number of hydrogen-bond acceptors (Lipinski definition) is 6. The Morgan fingerprint density at radius 3 is 2.72 bits per heavy atom. The minimum atomic E-state index is -0.361. The van der Waals surface area contributed by atoms with E-state index in [0.29, 0.717) is 30.2 Å². The Morgan fingerprint density at radius 1 is 1.32 bits per heavy atom. The average Bonchev–Trinajstić information content (AvgIpc) is 2.92. The van der Waals surface area contributed by atoms with Crippen molar-refractivity contribution in [1.82, 2.24) is 14.8 Å². The van der Waals surface area contributed by atoms with Crippen LogP contribution >= 0.6 is 11.8 Å². The van der Waals surface area contributed by atoms with Crippen molar-refractivity contribution in [3.05, 3.63) is 35.2 Å². The maximum atomic E-state index is 11.6. The van der Waals surface area contributed by atoms with Crippen molar-refractivity contribution < 1.29 is 14.3 Å². The number of rotatable bonds is 9. The molecule has 1 heterocycles. The number of hydrogen-bond donors (Lipinski definition) is 1. The van der Waals surface area contributed by atoms with E-state index >= 15 is 0 Å². The third-order valence-electron chi connectivity index (χ3n) is 3.64. The molecule has 7 nitrogen and oxygen atoms in total. The number of thioether (sulfide) groups is 1. The second-order valence-corrected chi connectivity index (χ2v) is 6.47. The predicted octanol–water partition coefficient (Wildman–Crippen LogP) is 2.13. The summed E-state index contributed by atoms with van der Waals surface area (Å²) < 4.78 is 7.49. The summed E-state index contributed by atoms with van der Waals surface area (Å²) in [7, 11) is 1.86. The molecule has 0 unspecified atom stereocenters. The molecule has 0 fully saturated rings.